The van der Waals surface area contributed by atoms with Gasteiger partial charge in [0, 0.05) is 19.6 Å². The summed E-state index contributed by atoms with van der Waals surface area (Å²) in [5.41, 5.74) is 0.492. The molecular weight excluding hydrogens is 220 g/mol. The molecule has 1 unspecified atom stereocenters. The predicted octanol–water partition coefficient (Wildman–Crippen LogP) is 3.52. The van der Waals surface area contributed by atoms with Gasteiger partial charge in [-0.1, -0.05) is 34.1 Å². The summed E-state index contributed by atoms with van der Waals surface area (Å²) in [5.74, 6) is 0.948. The predicted molar refractivity (Wildman–Crippen MR) is 81.0 cm³/mol. The molecule has 0 aliphatic carbocycles. The normalized spacial score (nSPS) is 22.3. The van der Waals surface area contributed by atoms with E-state index < -0.39 is 0 Å². The van der Waals surface area contributed by atoms with Crippen LogP contribution in [0.3, 0.4) is 0 Å². The van der Waals surface area contributed by atoms with Gasteiger partial charge < -0.3 is 10.2 Å². The highest BCUT2D eigenvalue weighted by atomic mass is 15.1. The highest BCUT2D eigenvalue weighted by Crippen LogP contribution is 2.29. The maximum atomic E-state index is 3.58. The maximum Gasteiger partial charge on any atom is 0.00500 e. The van der Waals surface area contributed by atoms with Crippen molar-refractivity contribution < 1.29 is 0 Å². The number of hydrogen-bond donors (Lipinski definition) is 1. The molecule has 2 heteroatoms. The van der Waals surface area contributed by atoms with E-state index in [2.05, 4.69) is 37.9 Å². The third-order valence-electron chi connectivity index (χ3n) is 4.99. The van der Waals surface area contributed by atoms with Gasteiger partial charge in [0.15, 0.2) is 0 Å². The van der Waals surface area contributed by atoms with Crippen molar-refractivity contribution in [3.63, 3.8) is 0 Å². The van der Waals surface area contributed by atoms with Crippen molar-refractivity contribution >= 4 is 0 Å². The van der Waals surface area contributed by atoms with Crippen LogP contribution in [-0.2, 0) is 0 Å². The zero-order chi connectivity index (χ0) is 13.4. The SMILES string of the molecule is CCNCC(CC)(CC)CN1CCCC(CC)C1. The fraction of sp³-hybridized carbons (Fsp3) is 1.00. The molecule has 1 saturated heterocycles. The van der Waals surface area contributed by atoms with Crippen LogP contribution in [0.5, 0.6) is 0 Å². The summed E-state index contributed by atoms with van der Waals surface area (Å²) in [6, 6.07) is 0. The first-order chi connectivity index (χ1) is 8.69. The van der Waals surface area contributed by atoms with Crippen LogP contribution >= 0.6 is 0 Å². The molecule has 1 fully saturated rings. The van der Waals surface area contributed by atoms with E-state index in [0.717, 1.165) is 12.5 Å². The zero-order valence-corrected chi connectivity index (χ0v) is 13.1. The molecule has 0 aromatic carbocycles. The summed E-state index contributed by atoms with van der Waals surface area (Å²) in [7, 11) is 0. The molecule has 0 radical (unpaired) electrons. The first kappa shape index (κ1) is 16.0. The van der Waals surface area contributed by atoms with E-state index in [1.165, 1.54) is 58.3 Å². The Kier molecular flexibility index (Phi) is 7.25. The highest BCUT2D eigenvalue weighted by molar-refractivity contribution is 4.85. The van der Waals surface area contributed by atoms with Gasteiger partial charge in [0.1, 0.15) is 0 Å². The van der Waals surface area contributed by atoms with E-state index in [1.54, 1.807) is 0 Å². The lowest BCUT2D eigenvalue weighted by Crippen LogP contribution is -2.46. The summed E-state index contributed by atoms with van der Waals surface area (Å²) in [4.78, 5) is 2.74. The average Bonchev–Trinajstić information content (AvgIpc) is 2.44. The molecule has 0 spiro atoms. The van der Waals surface area contributed by atoms with E-state index in [-0.39, 0.29) is 0 Å². The Morgan fingerprint density at radius 3 is 2.44 bits per heavy atom. The van der Waals surface area contributed by atoms with Crippen molar-refractivity contribution in [2.75, 3.05) is 32.7 Å². The molecule has 0 aromatic rings. The molecule has 18 heavy (non-hydrogen) atoms. The molecule has 0 bridgehead atoms. The molecular formula is C16H34N2. The van der Waals surface area contributed by atoms with Crippen LogP contribution in [0.25, 0.3) is 0 Å². The quantitative estimate of drug-likeness (QED) is 0.713. The van der Waals surface area contributed by atoms with Gasteiger partial charge in [0.05, 0.1) is 0 Å². The Hall–Kier alpha value is -0.0800. The number of nitrogens with zero attached hydrogens (tertiary/aromatic N) is 1. The van der Waals surface area contributed by atoms with Gasteiger partial charge in [0.2, 0.25) is 0 Å². The molecule has 108 valence electrons. The van der Waals surface area contributed by atoms with Crippen molar-refractivity contribution in [3.8, 4) is 0 Å². The standard InChI is InChI=1S/C16H34N2/c1-5-15-10-9-11-18(12-15)14-16(6-2,7-3)13-17-8-4/h15,17H,5-14H2,1-4H3. The Bertz CT molecular complexity index is 211. The molecule has 1 rings (SSSR count). The van der Waals surface area contributed by atoms with Crippen molar-refractivity contribution in [3.05, 3.63) is 0 Å². The topological polar surface area (TPSA) is 15.3 Å². The van der Waals surface area contributed by atoms with Gasteiger partial charge in [-0.25, -0.2) is 0 Å². The number of likely N-dealkylation sites (tertiary alicyclic amines) is 1. The van der Waals surface area contributed by atoms with Gasteiger partial charge in [-0.3, -0.25) is 0 Å². The second kappa shape index (κ2) is 8.16. The highest BCUT2D eigenvalue weighted by Gasteiger charge is 2.30. The molecule has 0 saturated carbocycles. The lowest BCUT2D eigenvalue weighted by atomic mass is 9.80. The fourth-order valence-electron chi connectivity index (χ4n) is 3.27. The first-order valence-electron chi connectivity index (χ1n) is 8.12. The second-order valence-corrected chi connectivity index (χ2v) is 6.14. The van der Waals surface area contributed by atoms with Crippen molar-refractivity contribution in [2.24, 2.45) is 11.3 Å². The number of nitrogens with one attached hydrogen (secondary N) is 1. The minimum absolute atomic E-state index is 0.492. The average molecular weight is 254 g/mol. The van der Waals surface area contributed by atoms with Crippen molar-refractivity contribution in [2.45, 2.75) is 59.8 Å². The minimum atomic E-state index is 0.492. The number of rotatable bonds is 8. The van der Waals surface area contributed by atoms with Crippen LogP contribution in [0, 0.1) is 11.3 Å². The third kappa shape index (κ3) is 4.55. The van der Waals surface area contributed by atoms with Gasteiger partial charge in [-0.05, 0) is 50.1 Å². The Morgan fingerprint density at radius 1 is 1.17 bits per heavy atom. The van der Waals surface area contributed by atoms with Gasteiger partial charge >= 0.3 is 0 Å². The van der Waals surface area contributed by atoms with Crippen LogP contribution in [0.4, 0.5) is 0 Å². The molecule has 1 N–H and O–H groups in total. The second-order valence-electron chi connectivity index (χ2n) is 6.14. The molecule has 0 amide bonds. The Labute approximate surface area is 115 Å². The van der Waals surface area contributed by atoms with E-state index in [1.807, 2.05) is 0 Å². The largest absolute Gasteiger partial charge is 0.316 e. The first-order valence-corrected chi connectivity index (χ1v) is 8.12. The Morgan fingerprint density at radius 2 is 1.89 bits per heavy atom. The summed E-state index contributed by atoms with van der Waals surface area (Å²) in [6.07, 6.45) is 6.80. The van der Waals surface area contributed by atoms with Gasteiger partial charge in [-0.2, -0.15) is 0 Å². The monoisotopic (exact) mass is 254 g/mol. The molecule has 1 atom stereocenters. The summed E-state index contributed by atoms with van der Waals surface area (Å²) in [5, 5.41) is 3.58. The van der Waals surface area contributed by atoms with Crippen LogP contribution < -0.4 is 5.32 Å². The lowest BCUT2D eigenvalue weighted by molar-refractivity contribution is 0.0931. The summed E-state index contributed by atoms with van der Waals surface area (Å²) in [6.45, 7) is 15.5. The lowest BCUT2D eigenvalue weighted by Gasteiger charge is -2.41. The maximum absolute atomic E-state index is 3.58. The molecule has 1 aliphatic heterocycles. The van der Waals surface area contributed by atoms with Crippen molar-refractivity contribution in [1.29, 1.82) is 0 Å². The molecule has 2 nitrogen and oxygen atoms in total. The Balaban J connectivity index is 2.53. The van der Waals surface area contributed by atoms with E-state index >= 15 is 0 Å². The van der Waals surface area contributed by atoms with Gasteiger partial charge in [-0.15, -0.1) is 0 Å². The zero-order valence-electron chi connectivity index (χ0n) is 13.1. The van der Waals surface area contributed by atoms with Crippen LogP contribution in [0.15, 0.2) is 0 Å². The molecule has 1 aliphatic rings. The fourth-order valence-corrected chi connectivity index (χ4v) is 3.27. The van der Waals surface area contributed by atoms with E-state index in [4.69, 9.17) is 0 Å². The van der Waals surface area contributed by atoms with Crippen LogP contribution in [0.2, 0.25) is 0 Å². The molecule has 0 aromatic heterocycles. The summed E-state index contributed by atoms with van der Waals surface area (Å²) < 4.78 is 0. The van der Waals surface area contributed by atoms with Crippen LogP contribution in [0.1, 0.15) is 59.8 Å². The van der Waals surface area contributed by atoms with Gasteiger partial charge in [0.25, 0.3) is 0 Å². The third-order valence-corrected chi connectivity index (χ3v) is 4.99. The summed E-state index contributed by atoms with van der Waals surface area (Å²) >= 11 is 0. The van der Waals surface area contributed by atoms with E-state index in [0.29, 0.717) is 5.41 Å². The minimum Gasteiger partial charge on any atom is -0.316 e. The number of piperidine rings is 1. The van der Waals surface area contributed by atoms with E-state index in [9.17, 15) is 0 Å². The van der Waals surface area contributed by atoms with Crippen LogP contribution in [-0.4, -0.2) is 37.6 Å². The van der Waals surface area contributed by atoms with Crippen molar-refractivity contribution in [1.82, 2.24) is 10.2 Å². The smallest absolute Gasteiger partial charge is 0.00500 e. The number of hydrogen-bond acceptors (Lipinski definition) is 2. The molecule has 1 heterocycles.